The Balaban J connectivity index is 1.64. The van der Waals surface area contributed by atoms with E-state index < -0.39 is 0 Å². The minimum absolute atomic E-state index is 0.262. The minimum Gasteiger partial charge on any atom is -0.380 e. The fraction of sp³-hybridized carbons (Fsp3) is 0.278. The van der Waals surface area contributed by atoms with E-state index in [2.05, 4.69) is 50.5 Å². The first-order valence-corrected chi connectivity index (χ1v) is 8.39. The number of halogens is 1. The van der Waals surface area contributed by atoms with Crippen LogP contribution in [0.15, 0.2) is 58.0 Å². The average Bonchev–Trinajstić information content (AvgIpc) is 3.29. The number of rotatable bonds is 5. The molecule has 0 saturated heterocycles. The Labute approximate surface area is 144 Å². The molecule has 0 radical (unpaired) electrons. The lowest BCUT2D eigenvalue weighted by atomic mass is 10.1. The van der Waals surface area contributed by atoms with Crippen molar-refractivity contribution in [1.82, 2.24) is 0 Å². The van der Waals surface area contributed by atoms with E-state index in [1.807, 2.05) is 24.3 Å². The van der Waals surface area contributed by atoms with E-state index in [9.17, 15) is 0 Å². The Morgan fingerprint density at radius 3 is 2.74 bits per heavy atom. The van der Waals surface area contributed by atoms with Crippen LogP contribution < -0.4 is 11.1 Å². The van der Waals surface area contributed by atoms with Crippen molar-refractivity contribution in [3.63, 3.8) is 0 Å². The quantitative estimate of drug-likeness (QED) is 0.617. The highest BCUT2D eigenvalue weighted by atomic mass is 79.9. The zero-order valence-corrected chi connectivity index (χ0v) is 14.6. The maximum Gasteiger partial charge on any atom is 0.193 e. The number of guanidine groups is 1. The number of nitrogens with zero attached hydrogens (tertiary/aromatic N) is 1. The van der Waals surface area contributed by atoms with E-state index in [1.54, 1.807) is 7.11 Å². The first-order chi connectivity index (χ1) is 11.2. The van der Waals surface area contributed by atoms with Gasteiger partial charge < -0.3 is 15.8 Å². The minimum atomic E-state index is 0.262. The molecule has 0 amide bonds. The van der Waals surface area contributed by atoms with Crippen LogP contribution in [-0.4, -0.2) is 19.1 Å². The fourth-order valence-electron chi connectivity index (χ4n) is 2.67. The van der Waals surface area contributed by atoms with Gasteiger partial charge in [-0.05, 0) is 30.2 Å². The zero-order chi connectivity index (χ0) is 16.2. The second-order valence-corrected chi connectivity index (χ2v) is 6.61. The lowest BCUT2D eigenvalue weighted by Crippen LogP contribution is -2.24. The van der Waals surface area contributed by atoms with Gasteiger partial charge in [-0.15, -0.1) is 0 Å². The smallest absolute Gasteiger partial charge is 0.193 e. The van der Waals surface area contributed by atoms with Crippen molar-refractivity contribution in [2.24, 2.45) is 10.7 Å². The number of aliphatic imine (C=N–C) groups is 1. The number of hydrogen-bond donors (Lipinski definition) is 2. The molecule has 1 fully saturated rings. The highest BCUT2D eigenvalue weighted by Gasteiger charge is 2.38. The van der Waals surface area contributed by atoms with Crippen LogP contribution in [-0.2, 0) is 11.3 Å². The standard InChI is InChI=1S/C18H20BrN3O/c1-23-11-13-4-2-3-5-16(13)21-18(20)22-17-10-15(17)12-6-8-14(19)9-7-12/h2-9,15,17H,10-11H2,1H3,(H3,20,21,22)/t15-,17+/m0/s1. The number of nitrogens with one attached hydrogen (secondary N) is 1. The van der Waals surface area contributed by atoms with Crippen LogP contribution in [0.3, 0.4) is 0 Å². The molecule has 2 aromatic rings. The molecule has 120 valence electrons. The van der Waals surface area contributed by atoms with Crippen molar-refractivity contribution < 1.29 is 4.74 Å². The van der Waals surface area contributed by atoms with Crippen LogP contribution in [0.1, 0.15) is 23.5 Å². The molecule has 1 aliphatic rings. The monoisotopic (exact) mass is 373 g/mol. The van der Waals surface area contributed by atoms with Crippen LogP contribution in [0.4, 0.5) is 5.69 Å². The van der Waals surface area contributed by atoms with Gasteiger partial charge in [-0.2, -0.15) is 0 Å². The van der Waals surface area contributed by atoms with Gasteiger partial charge >= 0.3 is 0 Å². The van der Waals surface area contributed by atoms with Gasteiger partial charge in [0.2, 0.25) is 0 Å². The molecular formula is C18H20BrN3O. The lowest BCUT2D eigenvalue weighted by molar-refractivity contribution is 0.185. The summed E-state index contributed by atoms with van der Waals surface area (Å²) in [6.07, 6.45) is 1.05. The first-order valence-electron chi connectivity index (χ1n) is 7.60. The molecule has 2 atom stereocenters. The summed E-state index contributed by atoms with van der Waals surface area (Å²) in [6, 6.07) is 16.6. The molecule has 2 aromatic carbocycles. The van der Waals surface area contributed by atoms with Gasteiger partial charge in [0.05, 0.1) is 12.6 Å². The van der Waals surface area contributed by atoms with E-state index in [0.29, 0.717) is 18.5 Å². The number of nitrogens with two attached hydrogens (primary N) is 1. The third-order valence-corrected chi connectivity index (χ3v) is 4.47. The van der Waals surface area contributed by atoms with Crippen molar-refractivity contribution in [3.05, 3.63) is 64.1 Å². The highest BCUT2D eigenvalue weighted by Crippen LogP contribution is 2.43. The average molecular weight is 374 g/mol. The Bertz CT molecular complexity index is 700. The Kier molecular flexibility index (Phi) is 4.98. The normalized spacial score (nSPS) is 20.3. The third kappa shape index (κ3) is 4.12. The summed E-state index contributed by atoms with van der Waals surface area (Å²) in [7, 11) is 1.68. The summed E-state index contributed by atoms with van der Waals surface area (Å²) >= 11 is 3.46. The van der Waals surface area contributed by atoms with Gasteiger partial charge in [-0.1, -0.05) is 46.3 Å². The molecule has 5 heteroatoms. The van der Waals surface area contributed by atoms with Crippen molar-refractivity contribution >= 4 is 27.6 Å². The van der Waals surface area contributed by atoms with Crippen molar-refractivity contribution in [3.8, 4) is 0 Å². The third-order valence-electron chi connectivity index (χ3n) is 3.94. The molecule has 1 saturated carbocycles. The van der Waals surface area contributed by atoms with E-state index in [1.165, 1.54) is 5.56 Å². The second-order valence-electron chi connectivity index (χ2n) is 5.69. The molecule has 0 bridgehead atoms. The fourth-order valence-corrected chi connectivity index (χ4v) is 2.93. The molecule has 0 aliphatic heterocycles. The number of anilines is 1. The summed E-state index contributed by atoms with van der Waals surface area (Å²) in [5, 5.41) is 3.19. The van der Waals surface area contributed by atoms with Crippen molar-refractivity contribution in [1.29, 1.82) is 0 Å². The topological polar surface area (TPSA) is 59.6 Å². The molecule has 1 aliphatic carbocycles. The van der Waals surface area contributed by atoms with Gasteiger partial charge in [0, 0.05) is 28.8 Å². The molecular weight excluding hydrogens is 354 g/mol. The van der Waals surface area contributed by atoms with Crippen LogP contribution >= 0.6 is 15.9 Å². The summed E-state index contributed by atoms with van der Waals surface area (Å²) < 4.78 is 6.30. The number of ether oxygens (including phenoxy) is 1. The van der Waals surface area contributed by atoms with Gasteiger partial charge in [0.15, 0.2) is 5.96 Å². The summed E-state index contributed by atoms with van der Waals surface area (Å²) in [4.78, 5) is 4.60. The number of methoxy groups -OCH3 is 1. The molecule has 3 rings (SSSR count). The summed E-state index contributed by atoms with van der Waals surface area (Å²) in [5.41, 5.74) is 9.39. The largest absolute Gasteiger partial charge is 0.380 e. The van der Waals surface area contributed by atoms with Crippen LogP contribution in [0, 0.1) is 0 Å². The Hall–Kier alpha value is -1.85. The molecule has 0 unspecified atom stereocenters. The van der Waals surface area contributed by atoms with Crippen molar-refractivity contribution in [2.45, 2.75) is 25.0 Å². The molecule has 4 nitrogen and oxygen atoms in total. The predicted molar refractivity (Wildman–Crippen MR) is 97.7 cm³/mol. The summed E-state index contributed by atoms with van der Waals surface area (Å²) in [6.45, 7) is 0.543. The van der Waals surface area contributed by atoms with E-state index in [-0.39, 0.29) is 6.04 Å². The molecule has 3 N–H and O–H groups in total. The van der Waals surface area contributed by atoms with Crippen LogP contribution in [0.25, 0.3) is 0 Å². The van der Waals surface area contributed by atoms with Crippen LogP contribution in [0.5, 0.6) is 0 Å². The predicted octanol–water partition coefficient (Wildman–Crippen LogP) is 3.88. The Morgan fingerprint density at radius 2 is 2.00 bits per heavy atom. The summed E-state index contributed by atoms with van der Waals surface area (Å²) in [5.74, 6) is 0.927. The van der Waals surface area contributed by atoms with Gasteiger partial charge in [-0.25, -0.2) is 4.99 Å². The van der Waals surface area contributed by atoms with Crippen molar-refractivity contribution in [2.75, 3.05) is 12.4 Å². The van der Waals surface area contributed by atoms with E-state index in [4.69, 9.17) is 10.5 Å². The lowest BCUT2D eigenvalue weighted by Gasteiger charge is -2.10. The molecule has 0 spiro atoms. The number of para-hydroxylation sites is 1. The van der Waals surface area contributed by atoms with Gasteiger partial charge in [0.1, 0.15) is 0 Å². The Morgan fingerprint density at radius 1 is 1.26 bits per heavy atom. The highest BCUT2D eigenvalue weighted by molar-refractivity contribution is 9.10. The molecule has 0 aromatic heterocycles. The second kappa shape index (κ2) is 7.15. The van der Waals surface area contributed by atoms with E-state index in [0.717, 1.165) is 22.1 Å². The van der Waals surface area contributed by atoms with Gasteiger partial charge in [0.25, 0.3) is 0 Å². The van der Waals surface area contributed by atoms with Crippen LogP contribution in [0.2, 0.25) is 0 Å². The maximum absolute atomic E-state index is 6.07. The SMILES string of the molecule is COCc1ccccc1NC(N)=N[C@@H]1C[C@H]1c1ccc(Br)cc1. The molecule has 23 heavy (non-hydrogen) atoms. The zero-order valence-electron chi connectivity index (χ0n) is 13.0. The van der Waals surface area contributed by atoms with Gasteiger partial charge in [-0.3, -0.25) is 0 Å². The molecule has 0 heterocycles. The first kappa shape index (κ1) is 16.0. The van der Waals surface area contributed by atoms with E-state index >= 15 is 0 Å². The maximum atomic E-state index is 6.07. The number of hydrogen-bond acceptors (Lipinski definition) is 2. The number of benzene rings is 2.